The molecule has 0 aromatic heterocycles. The van der Waals surface area contributed by atoms with Gasteiger partial charge >= 0.3 is 0 Å². The first-order valence-electron chi connectivity index (χ1n) is 9.25. The first kappa shape index (κ1) is 17.7. The molecule has 0 saturated heterocycles. The van der Waals surface area contributed by atoms with E-state index in [-0.39, 0.29) is 10.8 Å². The molecule has 0 atom stereocenters. The summed E-state index contributed by atoms with van der Waals surface area (Å²) in [5, 5.41) is 2.60. The number of benzene rings is 2. The van der Waals surface area contributed by atoms with E-state index in [1.54, 1.807) is 0 Å². The molecule has 2 aromatic carbocycles. The van der Waals surface area contributed by atoms with Crippen LogP contribution in [0.3, 0.4) is 0 Å². The van der Waals surface area contributed by atoms with Crippen LogP contribution in [0.4, 0.5) is 0 Å². The minimum Gasteiger partial charge on any atom is -0.0616 e. The molecule has 3 rings (SSSR count). The summed E-state index contributed by atoms with van der Waals surface area (Å²) in [5.41, 5.74) is 6.03. The van der Waals surface area contributed by atoms with Gasteiger partial charge in [-0.05, 0) is 51.3 Å². The van der Waals surface area contributed by atoms with E-state index in [1.807, 2.05) is 0 Å². The lowest BCUT2D eigenvalue weighted by molar-refractivity contribution is 0.447. The summed E-state index contributed by atoms with van der Waals surface area (Å²) in [6.07, 6.45) is 8.19. The Kier molecular flexibility index (Phi) is 4.49. The lowest BCUT2D eigenvalue weighted by Crippen LogP contribution is -2.18. The zero-order valence-corrected chi connectivity index (χ0v) is 16.5. The average Bonchev–Trinajstić information content (AvgIpc) is 2.53. The Morgan fingerprint density at radius 1 is 0.720 bits per heavy atom. The molecule has 0 aliphatic heterocycles. The topological polar surface area (TPSA) is 0 Å². The minimum absolute atomic E-state index is 0.202. The monoisotopic (exact) mass is 330 g/mol. The number of rotatable bonds is 1. The Labute approximate surface area is 153 Å². The highest BCUT2D eigenvalue weighted by molar-refractivity contribution is 5.85. The molecule has 0 N–H and O–H groups in total. The van der Waals surface area contributed by atoms with Crippen LogP contribution in [-0.4, -0.2) is 0 Å². The first-order chi connectivity index (χ1) is 11.6. The molecule has 0 unspecified atom stereocenters. The largest absolute Gasteiger partial charge is 0.0616 e. The van der Waals surface area contributed by atoms with Crippen molar-refractivity contribution in [1.29, 1.82) is 0 Å². The van der Waals surface area contributed by atoms with Crippen LogP contribution in [-0.2, 0) is 0 Å². The zero-order chi connectivity index (χ0) is 18.2. The SMILES string of the molecule is CC(C)(C)C1=CC(=Cc2ccc3ccccc3c2)C=C(C(C)(C)C)C1. The summed E-state index contributed by atoms with van der Waals surface area (Å²) >= 11 is 0. The van der Waals surface area contributed by atoms with Crippen molar-refractivity contribution in [3.63, 3.8) is 0 Å². The van der Waals surface area contributed by atoms with Crippen LogP contribution in [0.25, 0.3) is 16.8 Å². The second-order valence-corrected chi connectivity index (χ2v) is 9.27. The molecule has 0 radical (unpaired) electrons. The maximum absolute atomic E-state index is 2.39. The summed E-state index contributed by atoms with van der Waals surface area (Å²) in [6.45, 7) is 13.9. The van der Waals surface area contributed by atoms with Gasteiger partial charge in [0.2, 0.25) is 0 Å². The van der Waals surface area contributed by atoms with E-state index in [2.05, 4.69) is 102 Å². The van der Waals surface area contributed by atoms with Gasteiger partial charge in [0.05, 0.1) is 0 Å². The van der Waals surface area contributed by atoms with Crippen LogP contribution in [0, 0.1) is 10.8 Å². The van der Waals surface area contributed by atoms with Crippen molar-refractivity contribution in [3.05, 3.63) is 76.9 Å². The lowest BCUT2D eigenvalue weighted by Gasteiger charge is -2.33. The average molecular weight is 331 g/mol. The highest BCUT2D eigenvalue weighted by Crippen LogP contribution is 2.41. The van der Waals surface area contributed by atoms with E-state index in [4.69, 9.17) is 0 Å². The van der Waals surface area contributed by atoms with E-state index in [9.17, 15) is 0 Å². The summed E-state index contributed by atoms with van der Waals surface area (Å²) in [7, 11) is 0. The molecule has 0 saturated carbocycles. The first-order valence-corrected chi connectivity index (χ1v) is 9.25. The van der Waals surface area contributed by atoms with Gasteiger partial charge in [0.25, 0.3) is 0 Å². The third kappa shape index (κ3) is 4.12. The number of fused-ring (bicyclic) bond motifs is 1. The predicted octanol–water partition coefficient (Wildman–Crippen LogP) is 7.57. The Balaban J connectivity index is 2.06. The van der Waals surface area contributed by atoms with Crippen LogP contribution in [0.15, 0.2) is 71.3 Å². The summed E-state index contributed by atoms with van der Waals surface area (Å²) in [5.74, 6) is 0. The summed E-state index contributed by atoms with van der Waals surface area (Å²) < 4.78 is 0. The van der Waals surface area contributed by atoms with Gasteiger partial charge in [0.1, 0.15) is 0 Å². The molecule has 0 nitrogen and oxygen atoms in total. The molecule has 1 aliphatic carbocycles. The predicted molar refractivity (Wildman–Crippen MR) is 112 cm³/mol. The quantitative estimate of drug-likeness (QED) is 0.505. The molecule has 0 heteroatoms. The van der Waals surface area contributed by atoms with Gasteiger partial charge in [-0.3, -0.25) is 0 Å². The number of hydrogen-bond donors (Lipinski definition) is 0. The van der Waals surface area contributed by atoms with Gasteiger partial charge in [-0.1, -0.05) is 101 Å². The van der Waals surface area contributed by atoms with Crippen LogP contribution < -0.4 is 0 Å². The molecule has 1 aliphatic rings. The van der Waals surface area contributed by atoms with E-state index >= 15 is 0 Å². The van der Waals surface area contributed by atoms with Crippen molar-refractivity contribution >= 4 is 16.8 Å². The van der Waals surface area contributed by atoms with E-state index < -0.39 is 0 Å². The second kappa shape index (κ2) is 6.33. The molecule has 2 aromatic rings. The molecule has 25 heavy (non-hydrogen) atoms. The maximum atomic E-state index is 2.39. The molecule has 130 valence electrons. The van der Waals surface area contributed by atoms with Crippen LogP contribution in [0.5, 0.6) is 0 Å². The van der Waals surface area contributed by atoms with Crippen molar-refractivity contribution in [2.24, 2.45) is 10.8 Å². The molecule has 0 spiro atoms. The third-order valence-corrected chi connectivity index (χ3v) is 5.10. The van der Waals surface area contributed by atoms with Crippen molar-refractivity contribution < 1.29 is 0 Å². The Hall–Kier alpha value is -2.08. The van der Waals surface area contributed by atoms with Gasteiger partial charge in [-0.15, -0.1) is 0 Å². The Morgan fingerprint density at radius 2 is 1.28 bits per heavy atom. The lowest BCUT2D eigenvalue weighted by atomic mass is 9.72. The normalized spacial score (nSPS) is 15.8. The molecular weight excluding hydrogens is 300 g/mol. The van der Waals surface area contributed by atoms with Crippen LogP contribution in [0.2, 0.25) is 0 Å². The van der Waals surface area contributed by atoms with Crippen molar-refractivity contribution in [1.82, 2.24) is 0 Å². The van der Waals surface area contributed by atoms with E-state index in [1.165, 1.54) is 33.1 Å². The molecule has 0 amide bonds. The van der Waals surface area contributed by atoms with Crippen LogP contribution >= 0.6 is 0 Å². The van der Waals surface area contributed by atoms with Gasteiger partial charge < -0.3 is 0 Å². The van der Waals surface area contributed by atoms with Gasteiger partial charge in [0, 0.05) is 0 Å². The summed E-state index contributed by atoms with van der Waals surface area (Å²) in [4.78, 5) is 0. The van der Waals surface area contributed by atoms with E-state index in [0.29, 0.717) is 0 Å². The second-order valence-electron chi connectivity index (χ2n) is 9.27. The molecule has 0 heterocycles. The fourth-order valence-electron chi connectivity index (χ4n) is 3.29. The van der Waals surface area contributed by atoms with E-state index in [0.717, 1.165) is 6.42 Å². The van der Waals surface area contributed by atoms with Gasteiger partial charge in [-0.25, -0.2) is 0 Å². The standard InChI is InChI=1S/C25H30/c1-24(2,3)22-15-19(16-23(17-22)25(4,5)6)13-18-11-12-20-9-7-8-10-21(20)14-18/h7-16H,17H2,1-6H3. The fraction of sp³-hybridized carbons (Fsp3) is 0.360. The molecular formula is C25H30. The Morgan fingerprint density at radius 3 is 1.84 bits per heavy atom. The fourth-order valence-corrected chi connectivity index (χ4v) is 3.29. The summed E-state index contributed by atoms with van der Waals surface area (Å²) in [6, 6.07) is 15.3. The minimum atomic E-state index is 0.202. The highest BCUT2D eigenvalue weighted by atomic mass is 14.3. The Bertz CT molecular complexity index is 842. The van der Waals surface area contributed by atoms with Crippen molar-refractivity contribution in [2.45, 2.75) is 48.0 Å². The molecule has 0 fully saturated rings. The molecule has 0 bridgehead atoms. The third-order valence-electron chi connectivity index (χ3n) is 5.10. The number of allylic oxidation sites excluding steroid dienone is 5. The van der Waals surface area contributed by atoms with Crippen molar-refractivity contribution in [2.75, 3.05) is 0 Å². The zero-order valence-electron chi connectivity index (χ0n) is 16.5. The van der Waals surface area contributed by atoms with Gasteiger partial charge in [0.15, 0.2) is 0 Å². The smallest absolute Gasteiger partial charge is 0.00913 e. The van der Waals surface area contributed by atoms with Crippen molar-refractivity contribution in [3.8, 4) is 0 Å². The van der Waals surface area contributed by atoms with Gasteiger partial charge in [-0.2, -0.15) is 0 Å². The maximum Gasteiger partial charge on any atom is -0.00913 e. The highest BCUT2D eigenvalue weighted by Gasteiger charge is 2.26. The number of hydrogen-bond acceptors (Lipinski definition) is 0. The van der Waals surface area contributed by atoms with Crippen LogP contribution in [0.1, 0.15) is 53.5 Å².